The van der Waals surface area contributed by atoms with Crippen LogP contribution in [0.5, 0.6) is 5.75 Å². The normalized spacial score (nSPS) is 10.7. The van der Waals surface area contributed by atoms with Crippen molar-refractivity contribution >= 4 is 17.8 Å². The van der Waals surface area contributed by atoms with Gasteiger partial charge in [-0.15, -0.1) is 0 Å². The van der Waals surface area contributed by atoms with Crippen molar-refractivity contribution in [1.29, 1.82) is 0 Å². The number of phenols is 1. The summed E-state index contributed by atoms with van der Waals surface area (Å²) in [5.41, 5.74) is 2.34. The fourth-order valence-corrected chi connectivity index (χ4v) is 1.42. The fraction of sp³-hybridized carbons (Fsp3) is 0.0909. The van der Waals surface area contributed by atoms with Crippen LogP contribution in [-0.2, 0) is 0 Å². The smallest absolute Gasteiger partial charge is 0.311 e. The molecule has 0 radical (unpaired) electrons. The van der Waals surface area contributed by atoms with Crippen molar-refractivity contribution < 1.29 is 19.5 Å². The van der Waals surface area contributed by atoms with E-state index >= 15 is 0 Å². The van der Waals surface area contributed by atoms with Crippen LogP contribution in [0.3, 0.4) is 0 Å². The Morgan fingerprint density at radius 3 is 2.90 bits per heavy atom. The summed E-state index contributed by atoms with van der Waals surface area (Å²) in [7, 11) is 0. The Balaban J connectivity index is 2.08. The van der Waals surface area contributed by atoms with E-state index in [0.717, 1.165) is 12.1 Å². The molecule has 1 amide bonds. The highest BCUT2D eigenvalue weighted by Crippen LogP contribution is 2.25. The summed E-state index contributed by atoms with van der Waals surface area (Å²) in [6, 6.07) is 3.68. The highest BCUT2D eigenvalue weighted by atomic mass is 16.6. The molecule has 0 fully saturated rings. The number of nitro benzene ring substituents is 1. The van der Waals surface area contributed by atoms with E-state index in [9.17, 15) is 20.0 Å². The van der Waals surface area contributed by atoms with Crippen molar-refractivity contribution in [2.45, 2.75) is 6.92 Å². The monoisotopic (exact) mass is 291 g/mol. The van der Waals surface area contributed by atoms with Crippen LogP contribution in [-0.4, -0.2) is 32.5 Å². The van der Waals surface area contributed by atoms with Crippen LogP contribution in [0.4, 0.5) is 5.69 Å². The molecule has 2 rings (SSSR count). The van der Waals surface area contributed by atoms with Crippen LogP contribution in [0, 0.1) is 17.0 Å². The number of nitro groups is 1. The number of benzene rings is 1. The van der Waals surface area contributed by atoms with Gasteiger partial charge in [0, 0.05) is 11.6 Å². The van der Waals surface area contributed by atoms with Crippen molar-refractivity contribution in [3.8, 4) is 5.75 Å². The summed E-state index contributed by atoms with van der Waals surface area (Å²) in [4.78, 5) is 21.5. The molecule has 0 aliphatic rings. The summed E-state index contributed by atoms with van der Waals surface area (Å²) in [6.07, 6.45) is 1.19. The number of rotatable bonds is 4. The lowest BCUT2D eigenvalue weighted by Gasteiger charge is -1.98. The maximum Gasteiger partial charge on any atom is 0.311 e. The van der Waals surface area contributed by atoms with Crippen molar-refractivity contribution in [3.05, 3.63) is 45.3 Å². The topological polar surface area (TPSA) is 144 Å². The Labute approximate surface area is 117 Å². The molecule has 2 aromatic rings. The molecule has 0 saturated carbocycles. The Bertz CT molecular complexity index is 724. The molecule has 0 atom stereocenters. The highest BCUT2D eigenvalue weighted by Gasteiger charge is 2.14. The zero-order valence-corrected chi connectivity index (χ0v) is 10.7. The number of aromatic nitrogens is 2. The SMILES string of the molecule is Cc1nonc1C(=O)N/N=C/c1ccc(O)c([N+](=O)[O-])c1. The molecule has 2 N–H and O–H groups in total. The third kappa shape index (κ3) is 3.18. The number of phenolic OH excluding ortho intramolecular Hbond substituents is 1. The Kier molecular flexibility index (Phi) is 3.88. The number of nitrogens with one attached hydrogen (secondary N) is 1. The number of nitrogens with zero attached hydrogens (tertiary/aromatic N) is 4. The van der Waals surface area contributed by atoms with Gasteiger partial charge in [0.1, 0.15) is 5.69 Å². The number of hydrogen-bond donors (Lipinski definition) is 2. The number of amides is 1. The Hall–Kier alpha value is -3.30. The van der Waals surface area contributed by atoms with Gasteiger partial charge in [-0.1, -0.05) is 5.16 Å². The van der Waals surface area contributed by atoms with Crippen molar-refractivity contribution in [1.82, 2.24) is 15.7 Å². The van der Waals surface area contributed by atoms with Gasteiger partial charge < -0.3 is 5.11 Å². The molecule has 0 spiro atoms. The molecular formula is C11H9N5O5. The third-order valence-corrected chi connectivity index (χ3v) is 2.44. The van der Waals surface area contributed by atoms with Crippen LogP contribution in [0.1, 0.15) is 21.7 Å². The predicted molar refractivity (Wildman–Crippen MR) is 68.9 cm³/mol. The first-order valence-electron chi connectivity index (χ1n) is 5.59. The maximum absolute atomic E-state index is 11.6. The number of hydrogen-bond acceptors (Lipinski definition) is 8. The van der Waals surface area contributed by atoms with Gasteiger partial charge in [-0.3, -0.25) is 14.9 Å². The first-order chi connectivity index (χ1) is 9.99. The average Bonchev–Trinajstić information content (AvgIpc) is 2.86. The lowest BCUT2D eigenvalue weighted by Crippen LogP contribution is -2.19. The van der Waals surface area contributed by atoms with Gasteiger partial charge in [-0.25, -0.2) is 10.1 Å². The van der Waals surface area contributed by atoms with E-state index in [-0.39, 0.29) is 5.69 Å². The van der Waals surface area contributed by atoms with Gasteiger partial charge in [-0.05, 0) is 24.2 Å². The van der Waals surface area contributed by atoms with Crippen molar-refractivity contribution in [2.75, 3.05) is 0 Å². The summed E-state index contributed by atoms with van der Waals surface area (Å²) >= 11 is 0. The largest absolute Gasteiger partial charge is 0.502 e. The second kappa shape index (κ2) is 5.77. The minimum Gasteiger partial charge on any atom is -0.502 e. The number of carbonyl (C=O) groups excluding carboxylic acids is 1. The van der Waals surface area contributed by atoms with Gasteiger partial charge in [0.05, 0.1) is 11.1 Å². The highest BCUT2D eigenvalue weighted by molar-refractivity contribution is 5.93. The van der Waals surface area contributed by atoms with E-state index in [1.165, 1.54) is 12.3 Å². The Morgan fingerprint density at radius 2 is 2.29 bits per heavy atom. The lowest BCUT2D eigenvalue weighted by molar-refractivity contribution is -0.385. The van der Waals surface area contributed by atoms with Gasteiger partial charge >= 0.3 is 5.69 Å². The second-order valence-corrected chi connectivity index (χ2v) is 3.90. The summed E-state index contributed by atoms with van der Waals surface area (Å²) in [6.45, 7) is 1.54. The van der Waals surface area contributed by atoms with Crippen LogP contribution in [0.15, 0.2) is 27.9 Å². The van der Waals surface area contributed by atoms with E-state index < -0.39 is 22.3 Å². The van der Waals surface area contributed by atoms with E-state index in [0.29, 0.717) is 11.3 Å². The molecule has 0 unspecified atom stereocenters. The van der Waals surface area contributed by atoms with Gasteiger partial charge in [-0.2, -0.15) is 5.10 Å². The van der Waals surface area contributed by atoms with Crippen molar-refractivity contribution in [3.63, 3.8) is 0 Å². The molecule has 1 aromatic heterocycles. The van der Waals surface area contributed by atoms with Gasteiger partial charge in [0.25, 0.3) is 5.91 Å². The number of carbonyl (C=O) groups is 1. The number of hydrazone groups is 1. The third-order valence-electron chi connectivity index (χ3n) is 2.44. The first kappa shape index (κ1) is 14.1. The van der Waals surface area contributed by atoms with E-state index in [1.807, 2.05) is 0 Å². The van der Waals surface area contributed by atoms with E-state index in [1.54, 1.807) is 6.92 Å². The summed E-state index contributed by atoms with van der Waals surface area (Å²) in [5, 5.41) is 30.4. The summed E-state index contributed by atoms with van der Waals surface area (Å²) in [5.74, 6) is -1.08. The Morgan fingerprint density at radius 1 is 1.52 bits per heavy atom. The van der Waals surface area contributed by atoms with Crippen molar-refractivity contribution in [2.24, 2.45) is 5.10 Å². The molecule has 10 heteroatoms. The zero-order chi connectivity index (χ0) is 15.4. The first-order valence-corrected chi connectivity index (χ1v) is 5.59. The molecule has 1 heterocycles. The molecule has 0 bridgehead atoms. The predicted octanol–water partition coefficient (Wildman–Crippen LogP) is 0.756. The van der Waals surface area contributed by atoms with E-state index in [4.69, 9.17) is 0 Å². The number of aryl methyl sites for hydroxylation is 1. The molecule has 0 saturated heterocycles. The van der Waals surface area contributed by atoms with Crippen LogP contribution in [0.2, 0.25) is 0 Å². The standard InChI is InChI=1S/C11H9N5O5/c1-6-10(15-21-14-6)11(18)13-12-5-7-2-3-9(17)8(4-7)16(19)20/h2-5,17H,1H3,(H,13,18)/b12-5+. The molecular weight excluding hydrogens is 282 g/mol. The number of aromatic hydroxyl groups is 1. The second-order valence-electron chi connectivity index (χ2n) is 3.90. The minimum atomic E-state index is -0.727. The maximum atomic E-state index is 11.6. The quantitative estimate of drug-likeness (QED) is 0.480. The van der Waals surface area contributed by atoms with E-state index in [2.05, 4.69) is 25.5 Å². The molecule has 0 aliphatic carbocycles. The van der Waals surface area contributed by atoms with Crippen LogP contribution < -0.4 is 5.43 Å². The summed E-state index contributed by atoms with van der Waals surface area (Å²) < 4.78 is 4.37. The zero-order valence-electron chi connectivity index (χ0n) is 10.7. The molecule has 21 heavy (non-hydrogen) atoms. The van der Waals surface area contributed by atoms with Gasteiger partial charge in [0.15, 0.2) is 11.4 Å². The van der Waals surface area contributed by atoms with Gasteiger partial charge in [0.2, 0.25) is 0 Å². The van der Waals surface area contributed by atoms with Crippen LogP contribution in [0.25, 0.3) is 0 Å². The fourth-order valence-electron chi connectivity index (χ4n) is 1.42. The molecule has 1 aromatic carbocycles. The van der Waals surface area contributed by atoms with Crippen LogP contribution >= 0.6 is 0 Å². The molecule has 108 valence electrons. The average molecular weight is 291 g/mol. The lowest BCUT2D eigenvalue weighted by atomic mass is 10.2. The molecule has 10 nitrogen and oxygen atoms in total. The minimum absolute atomic E-state index is 0.0103. The molecule has 0 aliphatic heterocycles.